The first-order valence-electron chi connectivity index (χ1n) is 13.1. The van der Waals surface area contributed by atoms with Gasteiger partial charge in [0.2, 0.25) is 11.7 Å². The molecule has 1 aromatic carbocycles. The van der Waals surface area contributed by atoms with Gasteiger partial charge >= 0.3 is 0 Å². The van der Waals surface area contributed by atoms with E-state index in [1.165, 1.54) is 6.92 Å². The zero-order valence-electron chi connectivity index (χ0n) is 21.2. The van der Waals surface area contributed by atoms with Crippen LogP contribution in [-0.2, 0) is 19.2 Å². The molecule has 2 aromatic rings. The molecule has 37 heavy (non-hydrogen) atoms. The lowest BCUT2D eigenvalue weighted by Crippen LogP contribution is -2.54. The number of nitrogens with one attached hydrogen (secondary N) is 2. The van der Waals surface area contributed by atoms with Gasteiger partial charge in [-0.2, -0.15) is 0 Å². The van der Waals surface area contributed by atoms with Crippen LogP contribution in [0.15, 0.2) is 24.3 Å². The predicted octanol–water partition coefficient (Wildman–Crippen LogP) is 2.82. The van der Waals surface area contributed by atoms with Crippen molar-refractivity contribution in [2.45, 2.75) is 64.0 Å². The fourth-order valence-electron chi connectivity index (χ4n) is 6.58. The number of hydrogen-bond donors (Lipinski definition) is 2. The van der Waals surface area contributed by atoms with E-state index >= 15 is 0 Å². The molecule has 2 aliphatic carbocycles. The van der Waals surface area contributed by atoms with E-state index < -0.39 is 29.6 Å². The van der Waals surface area contributed by atoms with Crippen molar-refractivity contribution in [1.82, 2.24) is 15.2 Å². The predicted molar refractivity (Wildman–Crippen MR) is 135 cm³/mol. The zero-order valence-corrected chi connectivity index (χ0v) is 21.2. The number of carbonyl (C=O) groups excluding carboxylic acids is 5. The third-order valence-corrected chi connectivity index (χ3v) is 8.43. The van der Waals surface area contributed by atoms with Gasteiger partial charge in [0.15, 0.2) is 5.78 Å². The average Bonchev–Trinajstić information content (AvgIpc) is 3.66. The molecule has 5 atom stereocenters. The van der Waals surface area contributed by atoms with Crippen LogP contribution in [0.5, 0.6) is 5.75 Å². The van der Waals surface area contributed by atoms with Crippen LogP contribution in [0.25, 0.3) is 10.9 Å². The van der Waals surface area contributed by atoms with E-state index in [0.29, 0.717) is 30.8 Å². The Balaban J connectivity index is 1.41. The van der Waals surface area contributed by atoms with Crippen LogP contribution in [0, 0.1) is 17.8 Å². The lowest BCUT2D eigenvalue weighted by atomic mass is 9.91. The molecule has 9 nitrogen and oxygen atoms in total. The van der Waals surface area contributed by atoms with Gasteiger partial charge in [0, 0.05) is 36.7 Å². The number of ketones is 3. The number of H-pyrrole nitrogens is 1. The number of fused-ring (bicyclic) bond motifs is 2. The van der Waals surface area contributed by atoms with Gasteiger partial charge in [-0.25, -0.2) is 0 Å². The summed E-state index contributed by atoms with van der Waals surface area (Å²) in [5, 5.41) is 3.58. The van der Waals surface area contributed by atoms with Crippen LogP contribution in [0.3, 0.4) is 0 Å². The van der Waals surface area contributed by atoms with Gasteiger partial charge in [0.25, 0.3) is 5.91 Å². The van der Waals surface area contributed by atoms with E-state index in [-0.39, 0.29) is 35.9 Å². The first-order valence-corrected chi connectivity index (χ1v) is 13.1. The summed E-state index contributed by atoms with van der Waals surface area (Å²) in [4.78, 5) is 69.1. The Hall–Kier alpha value is -3.49. The van der Waals surface area contributed by atoms with Crippen molar-refractivity contribution in [3.63, 3.8) is 0 Å². The molecular formula is C28H33N3O6. The molecule has 5 rings (SSSR count). The lowest BCUT2D eigenvalue weighted by Gasteiger charge is -2.29. The summed E-state index contributed by atoms with van der Waals surface area (Å²) >= 11 is 0. The van der Waals surface area contributed by atoms with E-state index in [0.717, 1.165) is 36.6 Å². The molecular weight excluding hydrogens is 474 g/mol. The van der Waals surface area contributed by atoms with Crippen LogP contribution in [0.2, 0.25) is 0 Å². The second kappa shape index (κ2) is 10.1. The van der Waals surface area contributed by atoms with E-state index in [1.54, 1.807) is 18.1 Å². The second-order valence-corrected chi connectivity index (χ2v) is 10.6. The Bertz CT molecular complexity index is 1270. The summed E-state index contributed by atoms with van der Waals surface area (Å²) in [6.07, 6.45) is 4.73. The molecule has 196 valence electrons. The molecule has 0 spiro atoms. The number of ether oxygens (including phenoxy) is 1. The Morgan fingerprint density at radius 1 is 1.16 bits per heavy atom. The SMILES string of the molecule is COc1cccc2[nH]c(C(=O)N3C[C@@H]4CCC[C@@H]4[C@H]3C(=O)N[C@@H](C[C@@H]3CCCC3=O)C(=O)C(C)=O)cc12. The molecule has 2 N–H and O–H groups in total. The molecule has 2 saturated carbocycles. The molecule has 3 fully saturated rings. The van der Waals surface area contributed by atoms with Crippen molar-refractivity contribution < 1.29 is 28.7 Å². The number of methoxy groups -OCH3 is 1. The van der Waals surface area contributed by atoms with E-state index in [2.05, 4.69) is 10.3 Å². The normalized spacial score (nSPS) is 25.8. The summed E-state index contributed by atoms with van der Waals surface area (Å²) in [6, 6.07) is 5.46. The zero-order chi connectivity index (χ0) is 26.3. The highest BCUT2D eigenvalue weighted by atomic mass is 16.5. The minimum absolute atomic E-state index is 0.0101. The van der Waals surface area contributed by atoms with Crippen LogP contribution < -0.4 is 10.1 Å². The third kappa shape index (κ3) is 4.67. The molecule has 1 aromatic heterocycles. The second-order valence-electron chi connectivity index (χ2n) is 10.6. The Morgan fingerprint density at radius 2 is 1.97 bits per heavy atom. The summed E-state index contributed by atoms with van der Waals surface area (Å²) in [5.74, 6) is -1.49. The van der Waals surface area contributed by atoms with E-state index in [1.807, 2.05) is 18.2 Å². The molecule has 9 heteroatoms. The Morgan fingerprint density at radius 3 is 2.68 bits per heavy atom. The van der Waals surface area contributed by atoms with Crippen molar-refractivity contribution >= 4 is 40.1 Å². The highest BCUT2D eigenvalue weighted by molar-refractivity contribution is 6.38. The van der Waals surface area contributed by atoms with Gasteiger partial charge < -0.3 is 19.9 Å². The van der Waals surface area contributed by atoms with Gasteiger partial charge in [-0.15, -0.1) is 0 Å². The minimum atomic E-state index is -1.06. The highest BCUT2D eigenvalue weighted by Crippen LogP contribution is 2.43. The van der Waals surface area contributed by atoms with Crippen molar-refractivity contribution in [1.29, 1.82) is 0 Å². The number of aromatic nitrogens is 1. The van der Waals surface area contributed by atoms with Crippen LogP contribution in [-0.4, -0.2) is 64.8 Å². The van der Waals surface area contributed by atoms with Gasteiger partial charge in [-0.1, -0.05) is 12.5 Å². The maximum Gasteiger partial charge on any atom is 0.271 e. The summed E-state index contributed by atoms with van der Waals surface area (Å²) < 4.78 is 5.42. The average molecular weight is 508 g/mol. The van der Waals surface area contributed by atoms with Gasteiger partial charge in [0.05, 0.1) is 13.2 Å². The van der Waals surface area contributed by atoms with Gasteiger partial charge in [0.1, 0.15) is 23.3 Å². The topological polar surface area (TPSA) is 126 Å². The summed E-state index contributed by atoms with van der Waals surface area (Å²) in [5.41, 5.74) is 1.13. The standard InChI is InChI=1S/C28H33N3O6/c1-15(32)26(34)21(12-16-6-4-10-23(16)33)30-27(35)25-18-8-3-7-17(18)14-31(25)28(36)22-13-19-20(29-22)9-5-11-24(19)37-2/h5,9,11,13,16-18,21,25,29H,3-4,6-8,10,12,14H2,1-2H3,(H,30,35)/t16-,17-,18-,21-,25-/m0/s1. The Labute approximate surface area is 215 Å². The minimum Gasteiger partial charge on any atom is -0.496 e. The fraction of sp³-hybridized carbons (Fsp3) is 0.536. The van der Waals surface area contributed by atoms with Crippen LogP contribution in [0.1, 0.15) is 62.4 Å². The van der Waals surface area contributed by atoms with Crippen molar-refractivity contribution in [3.8, 4) is 5.75 Å². The molecule has 1 saturated heterocycles. The number of hydrogen-bond acceptors (Lipinski definition) is 6. The molecule has 0 radical (unpaired) electrons. The molecule has 1 aliphatic heterocycles. The maximum absolute atomic E-state index is 13.7. The Kier molecular flexibility index (Phi) is 6.88. The van der Waals surface area contributed by atoms with Crippen LogP contribution >= 0.6 is 0 Å². The first kappa shape index (κ1) is 25.2. The number of amides is 2. The van der Waals surface area contributed by atoms with E-state index in [9.17, 15) is 24.0 Å². The molecule has 3 aliphatic rings. The number of benzene rings is 1. The molecule has 2 amide bonds. The third-order valence-electron chi connectivity index (χ3n) is 8.43. The maximum atomic E-state index is 13.7. The number of aromatic amines is 1. The number of nitrogens with zero attached hydrogens (tertiary/aromatic N) is 1. The van der Waals surface area contributed by atoms with E-state index in [4.69, 9.17) is 4.74 Å². The largest absolute Gasteiger partial charge is 0.496 e. The lowest BCUT2D eigenvalue weighted by molar-refractivity contribution is -0.139. The van der Waals surface area contributed by atoms with Crippen molar-refractivity contribution in [3.05, 3.63) is 30.0 Å². The monoisotopic (exact) mass is 507 g/mol. The summed E-state index contributed by atoms with van der Waals surface area (Å²) in [6.45, 7) is 1.64. The fourth-order valence-corrected chi connectivity index (χ4v) is 6.58. The number of rotatable bonds is 8. The van der Waals surface area contributed by atoms with Crippen LogP contribution in [0.4, 0.5) is 0 Å². The molecule has 0 bridgehead atoms. The van der Waals surface area contributed by atoms with Crippen molar-refractivity contribution in [2.24, 2.45) is 17.8 Å². The highest BCUT2D eigenvalue weighted by Gasteiger charge is 2.50. The van der Waals surface area contributed by atoms with Crippen molar-refractivity contribution in [2.75, 3.05) is 13.7 Å². The van der Waals surface area contributed by atoms with Gasteiger partial charge in [-0.05, 0) is 62.1 Å². The smallest absolute Gasteiger partial charge is 0.271 e. The summed E-state index contributed by atoms with van der Waals surface area (Å²) in [7, 11) is 1.57. The number of carbonyl (C=O) groups is 5. The number of likely N-dealkylation sites (tertiary alicyclic amines) is 1. The number of Topliss-reactive ketones (excluding diaryl/α,β-unsaturated/α-hetero) is 3. The van der Waals surface area contributed by atoms with Gasteiger partial charge in [-0.3, -0.25) is 24.0 Å². The molecule has 0 unspecified atom stereocenters. The molecule has 2 heterocycles. The first-order chi connectivity index (χ1) is 17.8. The quantitative estimate of drug-likeness (QED) is 0.529.